The van der Waals surface area contributed by atoms with Crippen LogP contribution in [0.1, 0.15) is 29.4 Å². The molecule has 0 radical (unpaired) electrons. The van der Waals surface area contributed by atoms with Gasteiger partial charge in [0.2, 0.25) is 5.69 Å². The summed E-state index contributed by atoms with van der Waals surface area (Å²) in [6, 6.07) is 7.84. The molecular weight excluding hydrogens is 382 g/mol. The summed E-state index contributed by atoms with van der Waals surface area (Å²) in [5.74, 6) is 0.0837. The summed E-state index contributed by atoms with van der Waals surface area (Å²) in [6.07, 6.45) is 2.38. The Morgan fingerprint density at radius 3 is 2.96 bits per heavy atom. The Kier molecular flexibility index (Phi) is 5.40. The van der Waals surface area contributed by atoms with Crippen LogP contribution < -0.4 is 4.90 Å². The highest BCUT2D eigenvalue weighted by Gasteiger charge is 2.27. The SMILES string of the molecule is CCOC(=O)c1noc2ncnc(N3CCCN(Cc4ccccc4Cl)C3)c12. The van der Waals surface area contributed by atoms with Crippen molar-refractivity contribution in [3.05, 3.63) is 46.9 Å². The van der Waals surface area contributed by atoms with Gasteiger partial charge >= 0.3 is 5.97 Å². The van der Waals surface area contributed by atoms with Gasteiger partial charge in [0.05, 0.1) is 13.3 Å². The van der Waals surface area contributed by atoms with Crippen molar-refractivity contribution in [1.82, 2.24) is 20.0 Å². The Hall–Kier alpha value is -2.71. The van der Waals surface area contributed by atoms with E-state index in [9.17, 15) is 4.79 Å². The molecule has 28 heavy (non-hydrogen) atoms. The van der Waals surface area contributed by atoms with E-state index >= 15 is 0 Å². The first-order valence-corrected chi connectivity index (χ1v) is 9.53. The molecule has 1 saturated heterocycles. The van der Waals surface area contributed by atoms with Crippen molar-refractivity contribution in [3.8, 4) is 0 Å². The molecule has 1 aromatic carbocycles. The van der Waals surface area contributed by atoms with Gasteiger partial charge in [-0.25, -0.2) is 9.78 Å². The molecule has 2 aromatic heterocycles. The van der Waals surface area contributed by atoms with Gasteiger partial charge in [0.15, 0.2) is 0 Å². The van der Waals surface area contributed by atoms with Crippen LogP contribution in [0.15, 0.2) is 35.1 Å². The van der Waals surface area contributed by atoms with Gasteiger partial charge in [0, 0.05) is 24.7 Å². The lowest BCUT2D eigenvalue weighted by Crippen LogP contribution is -2.45. The van der Waals surface area contributed by atoms with Crippen LogP contribution >= 0.6 is 11.6 Å². The minimum Gasteiger partial charge on any atom is -0.461 e. The van der Waals surface area contributed by atoms with Crippen molar-refractivity contribution in [2.45, 2.75) is 19.9 Å². The monoisotopic (exact) mass is 401 g/mol. The zero-order valence-corrected chi connectivity index (χ0v) is 16.2. The highest BCUT2D eigenvalue weighted by atomic mass is 35.5. The van der Waals surface area contributed by atoms with Crippen molar-refractivity contribution in [3.63, 3.8) is 0 Å². The number of carbonyl (C=O) groups excluding carboxylic acids is 1. The minimum atomic E-state index is -0.540. The van der Waals surface area contributed by atoms with E-state index in [1.54, 1.807) is 6.92 Å². The highest BCUT2D eigenvalue weighted by Crippen LogP contribution is 2.29. The second kappa shape index (κ2) is 8.12. The standard InChI is InChI=1S/C19H20ClN5O3/c1-2-27-19(26)16-15-17(21-11-22-18(15)28-23-16)25-9-5-8-24(12-25)10-13-6-3-4-7-14(13)20/h3-4,6-7,11H,2,5,8-10,12H2,1H3. The first kappa shape index (κ1) is 18.6. The molecule has 0 bridgehead atoms. The third-order valence-electron chi connectivity index (χ3n) is 4.65. The second-order valence-electron chi connectivity index (χ2n) is 6.53. The summed E-state index contributed by atoms with van der Waals surface area (Å²) >= 11 is 6.31. The third-order valence-corrected chi connectivity index (χ3v) is 5.01. The number of anilines is 1. The Bertz CT molecular complexity index is 993. The van der Waals surface area contributed by atoms with Gasteiger partial charge in [-0.15, -0.1) is 0 Å². The van der Waals surface area contributed by atoms with E-state index in [-0.39, 0.29) is 18.0 Å². The Morgan fingerprint density at radius 2 is 2.14 bits per heavy atom. The zero-order chi connectivity index (χ0) is 19.5. The smallest absolute Gasteiger partial charge is 0.361 e. The number of halogens is 1. The Morgan fingerprint density at radius 1 is 1.29 bits per heavy atom. The lowest BCUT2D eigenvalue weighted by Gasteiger charge is -2.36. The molecule has 0 aliphatic carbocycles. The van der Waals surface area contributed by atoms with Crippen LogP contribution in [0.2, 0.25) is 5.02 Å². The van der Waals surface area contributed by atoms with Gasteiger partial charge in [-0.1, -0.05) is 35.0 Å². The molecule has 0 unspecified atom stereocenters. The number of carbonyl (C=O) groups is 1. The van der Waals surface area contributed by atoms with E-state index in [1.165, 1.54) is 6.33 Å². The summed E-state index contributed by atoms with van der Waals surface area (Å²) in [5.41, 5.74) is 1.46. The number of benzene rings is 1. The third kappa shape index (κ3) is 3.65. The molecule has 3 heterocycles. The molecule has 1 fully saturated rings. The molecule has 4 rings (SSSR count). The predicted octanol–water partition coefficient (Wildman–Crippen LogP) is 3.12. The van der Waals surface area contributed by atoms with E-state index in [0.29, 0.717) is 17.9 Å². The zero-order valence-electron chi connectivity index (χ0n) is 15.5. The van der Waals surface area contributed by atoms with Crippen LogP contribution in [0.4, 0.5) is 5.82 Å². The van der Waals surface area contributed by atoms with Gasteiger partial charge in [-0.3, -0.25) is 4.90 Å². The van der Waals surface area contributed by atoms with Gasteiger partial charge < -0.3 is 14.2 Å². The lowest BCUT2D eigenvalue weighted by atomic mass is 10.2. The summed E-state index contributed by atoms with van der Waals surface area (Å²) < 4.78 is 10.3. The quantitative estimate of drug-likeness (QED) is 0.603. The fourth-order valence-electron chi connectivity index (χ4n) is 3.39. The van der Waals surface area contributed by atoms with Crippen molar-refractivity contribution in [1.29, 1.82) is 0 Å². The van der Waals surface area contributed by atoms with Crippen molar-refractivity contribution in [2.24, 2.45) is 0 Å². The van der Waals surface area contributed by atoms with Crippen molar-refractivity contribution in [2.75, 3.05) is 31.3 Å². The number of nitrogens with zero attached hydrogens (tertiary/aromatic N) is 5. The fraction of sp³-hybridized carbons (Fsp3) is 0.368. The van der Waals surface area contributed by atoms with Gasteiger partial charge in [-0.2, -0.15) is 4.98 Å². The van der Waals surface area contributed by atoms with Gasteiger partial charge in [0.25, 0.3) is 5.71 Å². The van der Waals surface area contributed by atoms with E-state index in [0.717, 1.165) is 36.6 Å². The molecule has 0 N–H and O–H groups in total. The molecule has 0 saturated carbocycles. The Labute approximate surface area is 167 Å². The van der Waals surface area contributed by atoms with Crippen LogP contribution in [0.3, 0.4) is 0 Å². The predicted molar refractivity (Wildman–Crippen MR) is 104 cm³/mol. The average Bonchev–Trinajstić information content (AvgIpc) is 3.15. The van der Waals surface area contributed by atoms with E-state index in [2.05, 4.69) is 24.9 Å². The number of hydrogen-bond donors (Lipinski definition) is 0. The summed E-state index contributed by atoms with van der Waals surface area (Å²) in [4.78, 5) is 25.2. The van der Waals surface area contributed by atoms with Crippen molar-refractivity contribution >= 4 is 34.5 Å². The Balaban J connectivity index is 1.61. The van der Waals surface area contributed by atoms with Gasteiger partial charge in [-0.05, 0) is 25.0 Å². The maximum absolute atomic E-state index is 12.3. The molecule has 0 spiro atoms. The van der Waals surface area contributed by atoms with Crippen LogP contribution in [-0.2, 0) is 11.3 Å². The molecule has 0 atom stereocenters. The maximum atomic E-state index is 12.3. The average molecular weight is 402 g/mol. The van der Waals surface area contributed by atoms with E-state index in [1.807, 2.05) is 24.3 Å². The van der Waals surface area contributed by atoms with Crippen LogP contribution in [0.5, 0.6) is 0 Å². The minimum absolute atomic E-state index is 0.107. The van der Waals surface area contributed by atoms with Crippen LogP contribution in [0, 0.1) is 0 Å². The molecule has 3 aromatic rings. The molecule has 0 amide bonds. The molecule has 9 heteroatoms. The second-order valence-corrected chi connectivity index (χ2v) is 6.94. The number of ether oxygens (including phenoxy) is 1. The lowest BCUT2D eigenvalue weighted by molar-refractivity contribution is 0.0517. The molecular formula is C19H20ClN5O3. The van der Waals surface area contributed by atoms with Crippen LogP contribution in [-0.4, -0.2) is 52.4 Å². The summed E-state index contributed by atoms with van der Waals surface area (Å²) in [6.45, 7) is 5.13. The number of rotatable bonds is 5. The van der Waals surface area contributed by atoms with Gasteiger partial charge in [0.1, 0.15) is 17.5 Å². The number of aromatic nitrogens is 3. The summed E-state index contributed by atoms with van der Waals surface area (Å²) in [7, 11) is 0. The van der Waals surface area contributed by atoms with E-state index in [4.69, 9.17) is 20.9 Å². The van der Waals surface area contributed by atoms with Crippen LogP contribution in [0.25, 0.3) is 11.1 Å². The first-order chi connectivity index (χ1) is 13.7. The number of fused-ring (bicyclic) bond motifs is 1. The normalized spacial score (nSPS) is 15.1. The first-order valence-electron chi connectivity index (χ1n) is 9.15. The highest BCUT2D eigenvalue weighted by molar-refractivity contribution is 6.31. The number of esters is 1. The fourth-order valence-corrected chi connectivity index (χ4v) is 3.58. The summed E-state index contributed by atoms with van der Waals surface area (Å²) in [5, 5.41) is 5.10. The molecule has 146 valence electrons. The topological polar surface area (TPSA) is 84.6 Å². The molecule has 8 nitrogen and oxygen atoms in total. The maximum Gasteiger partial charge on any atom is 0.361 e. The largest absolute Gasteiger partial charge is 0.461 e. The number of hydrogen-bond acceptors (Lipinski definition) is 8. The molecule has 1 aliphatic heterocycles. The van der Waals surface area contributed by atoms with Crippen molar-refractivity contribution < 1.29 is 14.1 Å². The molecule has 1 aliphatic rings. The van der Waals surface area contributed by atoms with E-state index < -0.39 is 5.97 Å².